The van der Waals surface area contributed by atoms with Crippen LogP contribution in [0.3, 0.4) is 0 Å². The molecule has 0 spiro atoms. The van der Waals surface area contributed by atoms with Gasteiger partial charge in [-0.25, -0.2) is 0 Å². The van der Waals surface area contributed by atoms with E-state index >= 15 is 0 Å². The predicted octanol–water partition coefficient (Wildman–Crippen LogP) is 5.39. The molecule has 136 valence electrons. The molecule has 0 saturated carbocycles. The van der Waals surface area contributed by atoms with Crippen LogP contribution in [0.5, 0.6) is 0 Å². The van der Waals surface area contributed by atoms with Crippen LogP contribution in [0.15, 0.2) is 0 Å². The van der Waals surface area contributed by atoms with Crippen molar-refractivity contribution in [3.8, 4) is 0 Å². The third-order valence-corrected chi connectivity index (χ3v) is 4.05. The number of alkyl halides is 13. The van der Waals surface area contributed by atoms with Crippen molar-refractivity contribution in [2.24, 2.45) is 0 Å². The molecule has 0 aromatic heterocycles. The van der Waals surface area contributed by atoms with E-state index in [2.05, 4.69) is 0 Å². The van der Waals surface area contributed by atoms with Crippen molar-refractivity contribution in [1.29, 1.82) is 0 Å². The van der Waals surface area contributed by atoms with Gasteiger partial charge in [-0.15, -0.1) is 4.55 Å². The van der Waals surface area contributed by atoms with E-state index in [4.69, 9.17) is 9.07 Å². The summed E-state index contributed by atoms with van der Waals surface area (Å²) in [7, 11) is 4.95. The predicted molar refractivity (Wildman–Crippen MR) is 51.8 cm³/mol. The number of hydrogen-bond acceptors (Lipinski definition) is 0. The van der Waals surface area contributed by atoms with Gasteiger partial charge in [0.1, 0.15) is 0 Å². The summed E-state index contributed by atoms with van der Waals surface area (Å²) in [4.78, 5) is 0. The maximum atomic E-state index is 13.0. The fraction of sp³-hybridized carbons (Fsp3) is 1.00. The van der Waals surface area contributed by atoms with E-state index in [1.54, 1.807) is 0 Å². The standard InChI is InChI=1S/C8H4F13.ClH.Mg/c1-2-3(9,10)4(11,12)5(13,14)6(15,16)7(17,18)8(19,20)21;;/h1-2H2;1H;/q;;+1/p-1. The van der Waals surface area contributed by atoms with Gasteiger partial charge >= 0.3 is 55.1 Å². The molecule has 0 radical (unpaired) electrons. The molecule has 0 aromatic carbocycles. The molecule has 15 heteroatoms. The molecule has 0 nitrogen and oxygen atoms in total. The smallest absolute Gasteiger partial charge is 0.346 e. The second kappa shape index (κ2) is 6.46. The molecule has 0 N–H and O–H groups in total. The van der Waals surface area contributed by atoms with Crippen molar-refractivity contribution in [2.75, 3.05) is 0 Å². The average molecular weight is 407 g/mol. The highest BCUT2D eigenvalue weighted by molar-refractivity contribution is 6.93. The summed E-state index contributed by atoms with van der Waals surface area (Å²) >= 11 is -1.95. The molecule has 0 rings (SSSR count). The van der Waals surface area contributed by atoms with Gasteiger partial charge in [0.05, 0.1) is 0 Å². The van der Waals surface area contributed by atoms with Gasteiger partial charge in [-0.2, -0.15) is 57.1 Å². The second-order valence-corrected chi connectivity index (χ2v) is 6.51. The van der Waals surface area contributed by atoms with Gasteiger partial charge in [0.2, 0.25) is 0 Å². The SMILES string of the molecule is FC(F)(F)C(F)(F)C(F)(F)C(F)(F)C(F)(F)C(F)(F)C[CH2][Mg][Cl]. The van der Waals surface area contributed by atoms with Crippen molar-refractivity contribution < 1.29 is 57.1 Å². The van der Waals surface area contributed by atoms with Crippen LogP contribution in [-0.2, 0) is 0 Å². The highest BCUT2D eigenvalue weighted by Crippen LogP contribution is 2.60. The van der Waals surface area contributed by atoms with E-state index in [1.807, 2.05) is 0 Å². The minimum atomic E-state index is -7.83. The molecule has 0 unspecified atom stereocenters. The Morgan fingerprint density at radius 2 is 0.913 bits per heavy atom. The van der Waals surface area contributed by atoms with Gasteiger partial charge in [-0.3, -0.25) is 0 Å². The number of hydrogen-bond donors (Lipinski definition) is 0. The van der Waals surface area contributed by atoms with Crippen molar-refractivity contribution in [2.45, 2.75) is 46.8 Å². The van der Waals surface area contributed by atoms with Gasteiger partial charge in [0, 0.05) is 0 Å². The summed E-state index contributed by atoms with van der Waals surface area (Å²) in [6, 6.07) is 0. The first-order chi connectivity index (χ1) is 9.81. The van der Waals surface area contributed by atoms with Crippen LogP contribution < -0.4 is 0 Å². The molecule has 0 aliphatic carbocycles. The molecular weight excluding hydrogens is 403 g/mol. The summed E-state index contributed by atoms with van der Waals surface area (Å²) in [5.74, 6) is -36.4. The van der Waals surface area contributed by atoms with Crippen LogP contribution in [0.25, 0.3) is 0 Å². The lowest BCUT2D eigenvalue weighted by Gasteiger charge is -2.39. The second-order valence-electron chi connectivity index (χ2n) is 4.29. The van der Waals surface area contributed by atoms with Crippen molar-refractivity contribution in [3.05, 3.63) is 0 Å². The lowest BCUT2D eigenvalue weighted by Crippen LogP contribution is -2.70. The van der Waals surface area contributed by atoms with E-state index in [1.165, 1.54) is 0 Å². The van der Waals surface area contributed by atoms with Gasteiger partial charge in [0.15, 0.2) is 0 Å². The Kier molecular flexibility index (Phi) is 6.50. The first-order valence-corrected chi connectivity index (χ1v) is 8.47. The zero-order chi connectivity index (χ0) is 19.1. The minimum Gasteiger partial charge on any atom is -0.346 e. The topological polar surface area (TPSA) is 0 Å². The Morgan fingerprint density at radius 1 is 0.565 bits per heavy atom. The van der Waals surface area contributed by atoms with Crippen molar-refractivity contribution in [1.82, 2.24) is 0 Å². The monoisotopic (exact) mass is 406 g/mol. The van der Waals surface area contributed by atoms with E-state index in [-0.39, 0.29) is 0 Å². The zero-order valence-electron chi connectivity index (χ0n) is 10.4. The van der Waals surface area contributed by atoms with Crippen LogP contribution in [0.2, 0.25) is 4.55 Å². The molecule has 23 heavy (non-hydrogen) atoms. The molecule has 0 bridgehead atoms. The zero-order valence-corrected chi connectivity index (χ0v) is 12.6. The highest BCUT2D eigenvalue weighted by atomic mass is 35.5. The highest BCUT2D eigenvalue weighted by Gasteiger charge is 2.90. The van der Waals surface area contributed by atoms with Crippen LogP contribution in [0, 0.1) is 0 Å². The summed E-state index contributed by atoms with van der Waals surface area (Å²) < 4.78 is 162. The van der Waals surface area contributed by atoms with E-state index in [0.717, 1.165) is 0 Å². The molecular formula is C8H4ClF13Mg. The Labute approximate surface area is 132 Å². The molecule has 0 aliphatic rings. The normalized spacial score (nSPS) is 15.6. The summed E-state index contributed by atoms with van der Waals surface area (Å²) in [5, 5.41) is 0. The first kappa shape index (κ1) is 23.1. The summed E-state index contributed by atoms with van der Waals surface area (Å²) in [6.45, 7) is 0. The van der Waals surface area contributed by atoms with Gasteiger partial charge in [-0.05, 0) is 6.42 Å². The Morgan fingerprint density at radius 3 is 1.22 bits per heavy atom. The molecule has 0 amide bonds. The quantitative estimate of drug-likeness (QED) is 0.392. The molecule has 0 aromatic rings. The fourth-order valence-corrected chi connectivity index (χ4v) is 2.23. The summed E-state index contributed by atoms with van der Waals surface area (Å²) in [6.07, 6.45) is -9.56. The summed E-state index contributed by atoms with van der Waals surface area (Å²) in [5.41, 5.74) is 0. The van der Waals surface area contributed by atoms with Crippen LogP contribution in [0.4, 0.5) is 57.1 Å². The number of halogens is 14. The van der Waals surface area contributed by atoms with E-state index in [0.29, 0.717) is 0 Å². The Hall–Kier alpha value is 0.146. The van der Waals surface area contributed by atoms with Gasteiger partial charge in [0.25, 0.3) is 0 Å². The molecule has 0 saturated heterocycles. The van der Waals surface area contributed by atoms with Crippen LogP contribution in [0.1, 0.15) is 6.42 Å². The Bertz CT molecular complexity index is 415. The van der Waals surface area contributed by atoms with E-state index in [9.17, 15) is 57.1 Å². The molecule has 0 aliphatic heterocycles. The molecule has 0 atom stereocenters. The maximum absolute atomic E-state index is 13.0. The molecule has 0 heterocycles. The van der Waals surface area contributed by atoms with Crippen molar-refractivity contribution in [3.63, 3.8) is 0 Å². The van der Waals surface area contributed by atoms with E-state index < -0.39 is 66.0 Å². The van der Waals surface area contributed by atoms with Crippen LogP contribution in [-0.4, -0.2) is 55.1 Å². The van der Waals surface area contributed by atoms with Gasteiger partial charge < -0.3 is 9.07 Å². The van der Waals surface area contributed by atoms with Crippen LogP contribution >= 0.6 is 9.07 Å². The third-order valence-electron chi connectivity index (χ3n) is 2.62. The minimum absolute atomic E-state index is 0.985. The maximum Gasteiger partial charge on any atom is 0.501 e. The average Bonchev–Trinajstić information content (AvgIpc) is 2.34. The molecule has 0 fully saturated rings. The van der Waals surface area contributed by atoms with Gasteiger partial charge in [-0.1, -0.05) is 0 Å². The largest absolute Gasteiger partial charge is 0.501 e. The first-order valence-electron chi connectivity index (χ1n) is 5.33. The lowest BCUT2D eigenvalue weighted by molar-refractivity contribution is -0.439. The van der Waals surface area contributed by atoms with Crippen molar-refractivity contribution >= 4 is 28.3 Å². The fourth-order valence-electron chi connectivity index (χ4n) is 1.25. The third kappa shape index (κ3) is 3.57. The lowest BCUT2D eigenvalue weighted by atomic mass is 9.93. The Balaban J connectivity index is 6.03. The number of rotatable bonds is 7.